The Labute approximate surface area is 464 Å². The number of hydrogen-bond acceptors (Lipinski definition) is 13. The Bertz CT molecular complexity index is 1650. The van der Waals surface area contributed by atoms with Crippen molar-refractivity contribution in [3.05, 3.63) is 70.8 Å². The predicted molar refractivity (Wildman–Crippen MR) is 304 cm³/mol. The molecule has 2 aliphatic heterocycles. The van der Waals surface area contributed by atoms with Gasteiger partial charge in [-0.1, -0.05) is 244 Å². The summed E-state index contributed by atoms with van der Waals surface area (Å²) in [6, 6.07) is 14.3. The lowest BCUT2D eigenvalue weighted by Crippen LogP contribution is -2.64. The standard InChI is InChI=1S/C64H106O13/c1-3-5-7-9-11-13-15-17-19-21-23-25-27-29-31-33-35-37-49-39-43-51(44-40-49)61(71)73-47-53-55(65)57(67)59(69)63(75-53)77-64-60(70)58(68)56(66)54(76-64)48-74-62(72)52-45-41-50(42-46-52)38-36-34-32-30-28-26-24-22-20-18-16-14-12-10-8-6-4-2/h39-46,53-60,63-70H,3-38,47-48H2,1-2H3/t53-,54-,55-,56-,57+,58+,59-,60-,63-,64-/m1/s1. The monoisotopic (exact) mass is 1080 g/mol. The third-order valence-corrected chi connectivity index (χ3v) is 15.9. The molecule has 13 nitrogen and oxygen atoms in total. The SMILES string of the molecule is CCCCCCCCCCCCCCCCCCCc1ccc(C(=O)OC[C@H]2O[C@H](O[C@H]3O[C@H](COC(=O)c4ccc(CCCCCCCCCCCCCCCCCCC)cc4)[C@@H](O)[C@H](O)[C@H]3O)[C@H](O)[C@@H](O)[C@@H]2O)cc1. The molecule has 4 rings (SSSR count). The molecule has 0 amide bonds. The molecule has 2 aromatic carbocycles. The van der Waals surface area contributed by atoms with E-state index in [1.165, 1.54) is 193 Å². The van der Waals surface area contributed by atoms with Crippen LogP contribution in [0.4, 0.5) is 0 Å². The lowest BCUT2D eigenvalue weighted by molar-refractivity contribution is -0.376. The molecule has 2 aromatic rings. The molecule has 0 radical (unpaired) electrons. The number of carbonyl (C=O) groups excluding carboxylic acids is 2. The topological polar surface area (TPSA) is 202 Å². The summed E-state index contributed by atoms with van der Waals surface area (Å²) in [5.41, 5.74) is 2.82. The van der Waals surface area contributed by atoms with Crippen LogP contribution in [0, 0.1) is 0 Å². The number of aliphatic hydroxyl groups excluding tert-OH is 6. The first-order chi connectivity index (χ1) is 37.5. The van der Waals surface area contributed by atoms with Crippen molar-refractivity contribution in [1.82, 2.24) is 0 Å². The molecule has 2 heterocycles. The first kappa shape index (κ1) is 66.5. The molecule has 0 saturated carbocycles. The maximum Gasteiger partial charge on any atom is 0.338 e. The second kappa shape index (κ2) is 41.1. The Morgan fingerprint density at radius 3 is 0.857 bits per heavy atom. The number of aryl methyl sites for hydroxylation is 2. The van der Waals surface area contributed by atoms with Crippen molar-refractivity contribution in [1.29, 1.82) is 0 Å². The van der Waals surface area contributed by atoms with E-state index >= 15 is 0 Å². The van der Waals surface area contributed by atoms with Gasteiger partial charge in [-0.25, -0.2) is 9.59 Å². The van der Waals surface area contributed by atoms with Gasteiger partial charge in [-0.3, -0.25) is 0 Å². The number of rotatable bonds is 44. The van der Waals surface area contributed by atoms with Crippen molar-refractivity contribution in [2.24, 2.45) is 0 Å². The van der Waals surface area contributed by atoms with Gasteiger partial charge in [0.2, 0.25) is 0 Å². The summed E-state index contributed by atoms with van der Waals surface area (Å²) < 4.78 is 28.0. The fraction of sp³-hybridized carbons (Fsp3) is 0.781. The molecule has 0 aliphatic carbocycles. The molecule has 0 bridgehead atoms. The van der Waals surface area contributed by atoms with Crippen molar-refractivity contribution in [3.8, 4) is 0 Å². The lowest BCUT2D eigenvalue weighted by atomic mass is 9.98. The third-order valence-electron chi connectivity index (χ3n) is 15.9. The van der Waals surface area contributed by atoms with Gasteiger partial charge in [0.15, 0.2) is 12.6 Å². The highest BCUT2D eigenvalue weighted by Crippen LogP contribution is 2.29. The highest BCUT2D eigenvalue weighted by Gasteiger charge is 2.50. The Morgan fingerprint density at radius 2 is 0.597 bits per heavy atom. The molecule has 13 heteroatoms. The maximum atomic E-state index is 13.0. The Balaban J connectivity index is 1.07. The van der Waals surface area contributed by atoms with Crippen LogP contribution in [0.1, 0.15) is 264 Å². The number of unbranched alkanes of at least 4 members (excludes halogenated alkanes) is 32. The van der Waals surface area contributed by atoms with Crippen LogP contribution in [0.3, 0.4) is 0 Å². The quantitative estimate of drug-likeness (QED) is 0.0271. The number of benzene rings is 2. The summed E-state index contributed by atoms with van der Waals surface area (Å²) in [5.74, 6) is -1.36. The summed E-state index contributed by atoms with van der Waals surface area (Å²) in [6.07, 6.45) is 29.9. The molecule has 2 aliphatic rings. The molecule has 77 heavy (non-hydrogen) atoms. The summed E-state index contributed by atoms with van der Waals surface area (Å²) in [7, 11) is 0. The van der Waals surface area contributed by atoms with E-state index in [1.807, 2.05) is 24.3 Å². The van der Waals surface area contributed by atoms with Gasteiger partial charge in [-0.15, -0.1) is 0 Å². The Hall–Kier alpha value is -2.98. The first-order valence-electron chi connectivity index (χ1n) is 31.1. The maximum absolute atomic E-state index is 13.0. The minimum absolute atomic E-state index is 0.292. The van der Waals surface area contributed by atoms with Crippen LogP contribution in [0.25, 0.3) is 0 Å². The second-order valence-electron chi connectivity index (χ2n) is 22.6. The van der Waals surface area contributed by atoms with Gasteiger partial charge >= 0.3 is 11.9 Å². The van der Waals surface area contributed by atoms with E-state index in [-0.39, 0.29) is 0 Å². The Morgan fingerprint density at radius 1 is 0.351 bits per heavy atom. The summed E-state index contributed by atoms with van der Waals surface area (Å²) in [6.45, 7) is 3.51. The zero-order valence-electron chi connectivity index (χ0n) is 47.8. The lowest BCUT2D eigenvalue weighted by Gasteiger charge is -2.44. The smallest absolute Gasteiger partial charge is 0.338 e. The van der Waals surface area contributed by atoms with E-state index in [1.54, 1.807) is 24.3 Å². The summed E-state index contributed by atoms with van der Waals surface area (Å²) >= 11 is 0. The van der Waals surface area contributed by atoms with Crippen molar-refractivity contribution < 1.29 is 63.9 Å². The number of ether oxygens (including phenoxy) is 5. The fourth-order valence-corrected chi connectivity index (χ4v) is 10.7. The fourth-order valence-electron chi connectivity index (χ4n) is 10.7. The van der Waals surface area contributed by atoms with Gasteiger partial charge in [0, 0.05) is 0 Å². The van der Waals surface area contributed by atoms with Crippen LogP contribution in [0.15, 0.2) is 48.5 Å². The third kappa shape index (κ3) is 26.9. The van der Waals surface area contributed by atoms with Crippen LogP contribution in [-0.4, -0.2) is 117 Å². The largest absolute Gasteiger partial charge is 0.459 e. The van der Waals surface area contributed by atoms with E-state index in [4.69, 9.17) is 23.7 Å². The molecule has 6 N–H and O–H groups in total. The van der Waals surface area contributed by atoms with Gasteiger partial charge in [0.25, 0.3) is 0 Å². The summed E-state index contributed by atoms with van der Waals surface area (Å²) in [4.78, 5) is 26.1. The zero-order chi connectivity index (χ0) is 55.3. The van der Waals surface area contributed by atoms with Gasteiger partial charge in [0.1, 0.15) is 62.0 Å². The minimum atomic E-state index is -1.85. The van der Waals surface area contributed by atoms with E-state index in [2.05, 4.69) is 13.8 Å². The molecule has 2 saturated heterocycles. The molecular weight excluding hydrogens is 977 g/mol. The number of carbonyl (C=O) groups is 2. The minimum Gasteiger partial charge on any atom is -0.459 e. The van der Waals surface area contributed by atoms with Crippen LogP contribution in [0.2, 0.25) is 0 Å². The number of aliphatic hydroxyl groups is 6. The molecule has 10 atom stereocenters. The van der Waals surface area contributed by atoms with E-state index in [0.29, 0.717) is 11.1 Å². The first-order valence-corrected chi connectivity index (χ1v) is 31.1. The van der Waals surface area contributed by atoms with Crippen LogP contribution < -0.4 is 0 Å². The molecule has 440 valence electrons. The van der Waals surface area contributed by atoms with Crippen molar-refractivity contribution in [2.75, 3.05) is 13.2 Å². The van der Waals surface area contributed by atoms with Gasteiger partial charge in [-0.2, -0.15) is 0 Å². The van der Waals surface area contributed by atoms with Gasteiger partial charge in [-0.05, 0) is 61.1 Å². The van der Waals surface area contributed by atoms with E-state index in [9.17, 15) is 40.2 Å². The van der Waals surface area contributed by atoms with Gasteiger partial charge in [0.05, 0.1) is 11.1 Å². The van der Waals surface area contributed by atoms with E-state index < -0.39 is 86.6 Å². The average molecular weight is 1080 g/mol. The molecule has 0 spiro atoms. The number of esters is 2. The highest BCUT2D eigenvalue weighted by molar-refractivity contribution is 5.89. The Kier molecular flexibility index (Phi) is 35.5. The average Bonchev–Trinajstić information content (AvgIpc) is 3.44. The molecular formula is C64H106O13. The van der Waals surface area contributed by atoms with E-state index in [0.717, 1.165) is 49.7 Å². The number of hydrogen-bond donors (Lipinski definition) is 6. The summed E-state index contributed by atoms with van der Waals surface area (Å²) in [5, 5.41) is 64.5. The normalized spacial score (nSPS) is 23.5. The molecule has 0 unspecified atom stereocenters. The van der Waals surface area contributed by atoms with Crippen molar-refractivity contribution in [2.45, 2.75) is 306 Å². The van der Waals surface area contributed by atoms with Crippen LogP contribution >= 0.6 is 0 Å². The van der Waals surface area contributed by atoms with Crippen LogP contribution in [0.5, 0.6) is 0 Å². The molecule has 0 aromatic heterocycles. The molecule has 2 fully saturated rings. The van der Waals surface area contributed by atoms with Crippen molar-refractivity contribution >= 4 is 11.9 Å². The highest BCUT2D eigenvalue weighted by atomic mass is 16.8. The van der Waals surface area contributed by atoms with Crippen LogP contribution in [-0.2, 0) is 36.5 Å². The zero-order valence-corrected chi connectivity index (χ0v) is 47.8. The van der Waals surface area contributed by atoms with Crippen molar-refractivity contribution in [3.63, 3.8) is 0 Å². The van der Waals surface area contributed by atoms with Gasteiger partial charge < -0.3 is 54.3 Å². The predicted octanol–water partition coefficient (Wildman–Crippen LogP) is 12.7. The second-order valence-corrected chi connectivity index (χ2v) is 22.6.